The Morgan fingerprint density at radius 3 is 2.85 bits per heavy atom. The van der Waals surface area contributed by atoms with Crippen LogP contribution in [0.2, 0.25) is 0 Å². The number of nitrogens with zero attached hydrogens (tertiary/aromatic N) is 2. The van der Waals surface area contributed by atoms with Gasteiger partial charge in [0.15, 0.2) is 0 Å². The molecule has 4 nitrogen and oxygen atoms in total. The van der Waals surface area contributed by atoms with Gasteiger partial charge in [0.25, 0.3) is 0 Å². The summed E-state index contributed by atoms with van der Waals surface area (Å²) in [5, 5.41) is 11.4. The molecule has 2 aromatic rings. The molecule has 4 heteroatoms. The first-order chi connectivity index (χ1) is 12.9. The Morgan fingerprint density at radius 1 is 1.26 bits per heavy atom. The molecule has 0 amide bonds. The summed E-state index contributed by atoms with van der Waals surface area (Å²) in [6.07, 6.45) is 3.95. The van der Waals surface area contributed by atoms with Gasteiger partial charge in [-0.3, -0.25) is 9.88 Å². The molecular weight excluding hydrogens is 336 g/mol. The highest BCUT2D eigenvalue weighted by Gasteiger charge is 2.52. The molecule has 144 valence electrons. The molecule has 27 heavy (non-hydrogen) atoms. The zero-order chi connectivity index (χ0) is 19.0. The number of hydrogen-bond acceptors (Lipinski definition) is 4. The van der Waals surface area contributed by atoms with E-state index in [1.807, 2.05) is 39.1 Å². The summed E-state index contributed by atoms with van der Waals surface area (Å²) < 4.78 is 5.83. The molecule has 1 aliphatic carbocycles. The van der Waals surface area contributed by atoms with Gasteiger partial charge in [0.2, 0.25) is 0 Å². The molecule has 1 aromatic heterocycles. The quantitative estimate of drug-likeness (QED) is 0.872. The number of likely N-dealkylation sites (tertiary alicyclic amines) is 1. The molecule has 1 aromatic carbocycles. The molecule has 1 saturated heterocycles. The number of rotatable bonds is 5. The van der Waals surface area contributed by atoms with E-state index in [-0.39, 0.29) is 12.0 Å². The molecule has 4 rings (SSSR count). The van der Waals surface area contributed by atoms with Crippen LogP contribution < -0.4 is 4.74 Å². The van der Waals surface area contributed by atoms with E-state index in [9.17, 15) is 5.11 Å². The van der Waals surface area contributed by atoms with E-state index in [4.69, 9.17) is 4.74 Å². The minimum Gasteiger partial charge on any atom is -0.491 e. The third-order valence-corrected chi connectivity index (χ3v) is 6.06. The van der Waals surface area contributed by atoms with Gasteiger partial charge in [-0.15, -0.1) is 0 Å². The maximum atomic E-state index is 11.4. The van der Waals surface area contributed by atoms with Crippen LogP contribution in [0.1, 0.15) is 43.5 Å². The Bertz CT molecular complexity index is 789. The Labute approximate surface area is 162 Å². The number of aromatic nitrogens is 1. The van der Waals surface area contributed by atoms with Gasteiger partial charge in [-0.1, -0.05) is 18.2 Å². The second-order valence-electron chi connectivity index (χ2n) is 8.56. The van der Waals surface area contributed by atoms with Gasteiger partial charge >= 0.3 is 0 Å². The predicted molar refractivity (Wildman–Crippen MR) is 107 cm³/mol. The number of pyridine rings is 1. The predicted octanol–water partition coefficient (Wildman–Crippen LogP) is 3.91. The summed E-state index contributed by atoms with van der Waals surface area (Å²) in [7, 11) is 0. The van der Waals surface area contributed by atoms with Gasteiger partial charge < -0.3 is 9.84 Å². The van der Waals surface area contributed by atoms with Crippen LogP contribution in [-0.4, -0.2) is 34.2 Å². The Balaban J connectivity index is 1.46. The lowest BCUT2D eigenvalue weighted by atomic mass is 9.85. The first kappa shape index (κ1) is 18.5. The van der Waals surface area contributed by atoms with Crippen molar-refractivity contribution in [3.05, 3.63) is 59.4 Å². The van der Waals surface area contributed by atoms with Gasteiger partial charge in [0, 0.05) is 31.7 Å². The number of aryl methyl sites for hydroxylation is 1. The zero-order valence-electron chi connectivity index (χ0n) is 16.6. The smallest absolute Gasteiger partial charge is 0.120 e. The molecule has 0 radical (unpaired) electrons. The van der Waals surface area contributed by atoms with E-state index < -0.39 is 5.60 Å². The first-order valence-electron chi connectivity index (χ1n) is 10.1. The topological polar surface area (TPSA) is 45.6 Å². The zero-order valence-corrected chi connectivity index (χ0v) is 16.6. The van der Waals surface area contributed by atoms with Crippen molar-refractivity contribution in [1.29, 1.82) is 0 Å². The fraction of sp³-hybridized carbons (Fsp3) is 0.522. The molecule has 3 atom stereocenters. The molecule has 2 heterocycles. The molecule has 1 N–H and O–H groups in total. The SMILES string of the molecule is Cc1ccc([C@@]2(O)CC[C@@H]3CN(Cc4cccc(OC(C)C)c4)C[C@@H]32)nc1. The lowest BCUT2D eigenvalue weighted by Crippen LogP contribution is -2.35. The first-order valence-corrected chi connectivity index (χ1v) is 10.1. The fourth-order valence-electron chi connectivity index (χ4n) is 4.80. The summed E-state index contributed by atoms with van der Waals surface area (Å²) in [5.41, 5.74) is 2.46. The fourth-order valence-corrected chi connectivity index (χ4v) is 4.80. The number of hydrogen-bond donors (Lipinski definition) is 1. The Kier molecular flexibility index (Phi) is 4.95. The maximum absolute atomic E-state index is 11.4. The molecule has 1 saturated carbocycles. The van der Waals surface area contributed by atoms with E-state index >= 15 is 0 Å². The highest BCUT2D eigenvalue weighted by molar-refractivity contribution is 5.29. The molecule has 1 aliphatic heterocycles. The van der Waals surface area contributed by atoms with Gasteiger partial charge in [-0.2, -0.15) is 0 Å². The van der Waals surface area contributed by atoms with Crippen LogP contribution in [0, 0.1) is 18.8 Å². The number of benzene rings is 1. The summed E-state index contributed by atoms with van der Waals surface area (Å²) in [6, 6.07) is 12.4. The van der Waals surface area contributed by atoms with E-state index in [1.165, 1.54) is 5.56 Å². The van der Waals surface area contributed by atoms with Crippen LogP contribution in [0.25, 0.3) is 0 Å². The minimum absolute atomic E-state index is 0.184. The highest BCUT2D eigenvalue weighted by Crippen LogP contribution is 2.50. The van der Waals surface area contributed by atoms with Crippen molar-refractivity contribution in [2.75, 3.05) is 13.1 Å². The number of fused-ring (bicyclic) bond motifs is 1. The number of ether oxygens (including phenoxy) is 1. The van der Waals surface area contributed by atoms with E-state index in [1.54, 1.807) is 0 Å². The standard InChI is InChI=1S/C23H30N2O2/c1-16(2)27-20-6-4-5-18(11-20)13-25-14-19-9-10-23(26,21(19)15-25)22-8-7-17(3)12-24-22/h4-8,11-12,16,19,21,26H,9-10,13-15H2,1-3H3/t19-,21+,23-/m1/s1. The summed E-state index contributed by atoms with van der Waals surface area (Å²) in [6.45, 7) is 9.01. The number of aliphatic hydroxyl groups is 1. The van der Waals surface area contributed by atoms with E-state index in [0.29, 0.717) is 5.92 Å². The van der Waals surface area contributed by atoms with E-state index in [0.717, 1.165) is 49.5 Å². The molecule has 0 unspecified atom stereocenters. The summed E-state index contributed by atoms with van der Waals surface area (Å²) in [4.78, 5) is 7.03. The van der Waals surface area contributed by atoms with Gasteiger partial charge in [-0.25, -0.2) is 0 Å². The van der Waals surface area contributed by atoms with Crippen LogP contribution in [0.3, 0.4) is 0 Å². The second-order valence-corrected chi connectivity index (χ2v) is 8.56. The molecular formula is C23H30N2O2. The molecule has 0 bridgehead atoms. The average Bonchev–Trinajstić information content (AvgIpc) is 3.16. The third kappa shape index (κ3) is 3.74. The van der Waals surface area contributed by atoms with Crippen molar-refractivity contribution < 1.29 is 9.84 Å². The van der Waals surface area contributed by atoms with Crippen molar-refractivity contribution in [1.82, 2.24) is 9.88 Å². The maximum Gasteiger partial charge on any atom is 0.120 e. The van der Waals surface area contributed by atoms with Gasteiger partial charge in [-0.05, 0) is 68.9 Å². The van der Waals surface area contributed by atoms with Gasteiger partial charge in [0.05, 0.1) is 11.8 Å². The molecule has 2 fully saturated rings. The van der Waals surface area contributed by atoms with Crippen LogP contribution in [0.5, 0.6) is 5.75 Å². The summed E-state index contributed by atoms with van der Waals surface area (Å²) in [5.74, 6) is 1.75. The second kappa shape index (κ2) is 7.25. The lowest BCUT2D eigenvalue weighted by Gasteiger charge is -2.30. The molecule has 2 aliphatic rings. The van der Waals surface area contributed by atoms with Crippen molar-refractivity contribution in [3.8, 4) is 5.75 Å². The highest BCUT2D eigenvalue weighted by atomic mass is 16.5. The van der Waals surface area contributed by atoms with Crippen molar-refractivity contribution in [2.45, 2.75) is 51.9 Å². The molecule has 0 spiro atoms. The normalized spacial score (nSPS) is 27.9. The minimum atomic E-state index is -0.782. The van der Waals surface area contributed by atoms with Crippen LogP contribution >= 0.6 is 0 Å². The third-order valence-electron chi connectivity index (χ3n) is 6.06. The van der Waals surface area contributed by atoms with Crippen LogP contribution in [0.4, 0.5) is 0 Å². The largest absolute Gasteiger partial charge is 0.491 e. The van der Waals surface area contributed by atoms with Crippen LogP contribution in [0.15, 0.2) is 42.6 Å². The van der Waals surface area contributed by atoms with Crippen LogP contribution in [-0.2, 0) is 12.1 Å². The average molecular weight is 367 g/mol. The van der Waals surface area contributed by atoms with Crippen molar-refractivity contribution in [2.24, 2.45) is 11.8 Å². The lowest BCUT2D eigenvalue weighted by molar-refractivity contribution is -0.0108. The van der Waals surface area contributed by atoms with Crippen molar-refractivity contribution in [3.63, 3.8) is 0 Å². The Morgan fingerprint density at radius 2 is 2.11 bits per heavy atom. The monoisotopic (exact) mass is 366 g/mol. The van der Waals surface area contributed by atoms with Gasteiger partial charge in [0.1, 0.15) is 11.4 Å². The van der Waals surface area contributed by atoms with Crippen molar-refractivity contribution >= 4 is 0 Å². The summed E-state index contributed by atoms with van der Waals surface area (Å²) >= 11 is 0. The Hall–Kier alpha value is -1.91. The van der Waals surface area contributed by atoms with E-state index in [2.05, 4.69) is 34.1 Å².